The van der Waals surface area contributed by atoms with Crippen LogP contribution < -0.4 is 5.73 Å². The summed E-state index contributed by atoms with van der Waals surface area (Å²) in [5.74, 6) is 0.770. The maximum atomic E-state index is 5.72. The average molecular weight is 248 g/mol. The van der Waals surface area contributed by atoms with Crippen molar-refractivity contribution < 1.29 is 0 Å². The molecule has 0 heterocycles. The van der Waals surface area contributed by atoms with E-state index < -0.39 is 0 Å². The summed E-state index contributed by atoms with van der Waals surface area (Å²) in [6.45, 7) is 11.4. The summed E-state index contributed by atoms with van der Waals surface area (Å²) in [5.41, 5.74) is 7.91. The van der Waals surface area contributed by atoms with E-state index in [0.29, 0.717) is 6.04 Å². The third kappa shape index (κ3) is 5.09. The van der Waals surface area contributed by atoms with Crippen LogP contribution in [0, 0.1) is 5.92 Å². The van der Waals surface area contributed by atoms with Gasteiger partial charge in [-0.05, 0) is 43.9 Å². The number of nitrogens with two attached hydrogens (primary N) is 1. The van der Waals surface area contributed by atoms with Crippen LogP contribution in [-0.2, 0) is 6.54 Å². The molecular formula is C16H28N2. The minimum Gasteiger partial charge on any atom is -0.399 e. The van der Waals surface area contributed by atoms with Crippen LogP contribution in [0.2, 0.25) is 0 Å². The molecule has 0 aliphatic rings. The Morgan fingerprint density at radius 2 is 1.72 bits per heavy atom. The number of hydrogen-bond acceptors (Lipinski definition) is 2. The molecule has 102 valence electrons. The van der Waals surface area contributed by atoms with E-state index in [0.717, 1.165) is 18.2 Å². The lowest BCUT2D eigenvalue weighted by molar-refractivity contribution is 0.180. The van der Waals surface area contributed by atoms with Crippen molar-refractivity contribution >= 4 is 5.69 Å². The third-order valence-electron chi connectivity index (χ3n) is 3.42. The highest BCUT2D eigenvalue weighted by molar-refractivity contribution is 5.39. The van der Waals surface area contributed by atoms with Crippen molar-refractivity contribution in [3.8, 4) is 0 Å². The van der Waals surface area contributed by atoms with Crippen LogP contribution in [0.25, 0.3) is 0 Å². The Labute approximate surface area is 112 Å². The van der Waals surface area contributed by atoms with Gasteiger partial charge in [0.2, 0.25) is 0 Å². The zero-order valence-electron chi connectivity index (χ0n) is 12.3. The van der Waals surface area contributed by atoms with E-state index in [4.69, 9.17) is 5.73 Å². The molecule has 2 heteroatoms. The van der Waals surface area contributed by atoms with E-state index in [2.05, 4.69) is 44.7 Å². The van der Waals surface area contributed by atoms with Crippen molar-refractivity contribution in [2.45, 2.75) is 53.1 Å². The van der Waals surface area contributed by atoms with Gasteiger partial charge < -0.3 is 5.73 Å². The highest BCUT2D eigenvalue weighted by Gasteiger charge is 2.13. The van der Waals surface area contributed by atoms with E-state index >= 15 is 0 Å². The lowest BCUT2D eigenvalue weighted by Crippen LogP contribution is -2.34. The van der Waals surface area contributed by atoms with E-state index in [-0.39, 0.29) is 0 Å². The monoisotopic (exact) mass is 248 g/mol. The van der Waals surface area contributed by atoms with Gasteiger partial charge in [-0.25, -0.2) is 0 Å². The molecule has 0 amide bonds. The molecule has 0 fully saturated rings. The summed E-state index contributed by atoms with van der Waals surface area (Å²) in [7, 11) is 0. The van der Waals surface area contributed by atoms with Gasteiger partial charge in [0.15, 0.2) is 0 Å². The SMILES string of the molecule is CCCC(C)CN(Cc1ccc(N)cc1)C(C)C. The van der Waals surface area contributed by atoms with E-state index in [9.17, 15) is 0 Å². The van der Waals surface area contributed by atoms with Crippen LogP contribution in [0.15, 0.2) is 24.3 Å². The molecule has 0 aliphatic carbocycles. The van der Waals surface area contributed by atoms with Gasteiger partial charge >= 0.3 is 0 Å². The highest BCUT2D eigenvalue weighted by atomic mass is 15.1. The fraction of sp³-hybridized carbons (Fsp3) is 0.625. The molecule has 1 aromatic rings. The molecule has 2 nitrogen and oxygen atoms in total. The molecule has 0 bridgehead atoms. The van der Waals surface area contributed by atoms with Crippen molar-refractivity contribution in [1.82, 2.24) is 4.90 Å². The average Bonchev–Trinajstić information content (AvgIpc) is 2.31. The van der Waals surface area contributed by atoms with Crippen LogP contribution in [0.1, 0.15) is 46.1 Å². The normalized spacial score (nSPS) is 13.2. The van der Waals surface area contributed by atoms with Crippen LogP contribution >= 0.6 is 0 Å². The zero-order valence-corrected chi connectivity index (χ0v) is 12.3. The maximum Gasteiger partial charge on any atom is 0.0314 e. The molecule has 1 unspecified atom stereocenters. The second-order valence-corrected chi connectivity index (χ2v) is 5.66. The second-order valence-electron chi connectivity index (χ2n) is 5.66. The predicted octanol–water partition coefficient (Wildman–Crippen LogP) is 3.92. The number of nitrogen functional groups attached to an aromatic ring is 1. The van der Waals surface area contributed by atoms with Gasteiger partial charge in [0.25, 0.3) is 0 Å². The molecule has 0 aromatic heterocycles. The molecule has 2 N–H and O–H groups in total. The maximum absolute atomic E-state index is 5.72. The van der Waals surface area contributed by atoms with Gasteiger partial charge in [0.05, 0.1) is 0 Å². The molecule has 0 radical (unpaired) electrons. The fourth-order valence-electron chi connectivity index (χ4n) is 2.30. The Bertz CT molecular complexity index is 329. The van der Waals surface area contributed by atoms with E-state index in [1.165, 1.54) is 24.9 Å². The Balaban J connectivity index is 2.59. The fourth-order valence-corrected chi connectivity index (χ4v) is 2.30. The topological polar surface area (TPSA) is 29.3 Å². The smallest absolute Gasteiger partial charge is 0.0314 e. The molecule has 1 aromatic carbocycles. The highest BCUT2D eigenvalue weighted by Crippen LogP contribution is 2.15. The molecule has 18 heavy (non-hydrogen) atoms. The summed E-state index contributed by atoms with van der Waals surface area (Å²) >= 11 is 0. The van der Waals surface area contributed by atoms with Gasteiger partial charge in [-0.3, -0.25) is 4.90 Å². The first-order chi connectivity index (χ1) is 8.52. The van der Waals surface area contributed by atoms with Crippen LogP contribution in [0.3, 0.4) is 0 Å². The van der Waals surface area contributed by atoms with Crippen molar-refractivity contribution in [1.29, 1.82) is 0 Å². The van der Waals surface area contributed by atoms with Crippen molar-refractivity contribution in [3.63, 3.8) is 0 Å². The summed E-state index contributed by atoms with van der Waals surface area (Å²) in [6.07, 6.45) is 2.58. The molecular weight excluding hydrogens is 220 g/mol. The first-order valence-electron chi connectivity index (χ1n) is 7.11. The Morgan fingerprint density at radius 1 is 1.11 bits per heavy atom. The second kappa shape index (κ2) is 7.42. The summed E-state index contributed by atoms with van der Waals surface area (Å²) in [5, 5.41) is 0. The van der Waals surface area contributed by atoms with Crippen molar-refractivity contribution in [3.05, 3.63) is 29.8 Å². The summed E-state index contributed by atoms with van der Waals surface area (Å²) in [6, 6.07) is 8.83. The van der Waals surface area contributed by atoms with Crippen LogP contribution in [-0.4, -0.2) is 17.5 Å². The lowest BCUT2D eigenvalue weighted by Gasteiger charge is -2.29. The number of anilines is 1. The standard InChI is InChI=1S/C16H28N2/c1-5-6-14(4)11-18(13(2)3)12-15-7-9-16(17)10-8-15/h7-10,13-14H,5-6,11-12,17H2,1-4H3. The molecule has 0 saturated heterocycles. The zero-order chi connectivity index (χ0) is 13.5. The van der Waals surface area contributed by atoms with Crippen molar-refractivity contribution in [2.24, 2.45) is 5.92 Å². The molecule has 1 rings (SSSR count). The quantitative estimate of drug-likeness (QED) is 0.741. The van der Waals surface area contributed by atoms with Gasteiger partial charge in [0.1, 0.15) is 0 Å². The Kier molecular flexibility index (Phi) is 6.20. The lowest BCUT2D eigenvalue weighted by atomic mass is 10.0. The van der Waals surface area contributed by atoms with Crippen LogP contribution in [0.4, 0.5) is 5.69 Å². The van der Waals surface area contributed by atoms with Gasteiger partial charge in [-0.15, -0.1) is 0 Å². The molecule has 0 aliphatic heterocycles. The van der Waals surface area contributed by atoms with E-state index in [1.54, 1.807) is 0 Å². The molecule has 0 spiro atoms. The molecule has 1 atom stereocenters. The van der Waals surface area contributed by atoms with E-state index in [1.807, 2.05) is 12.1 Å². The summed E-state index contributed by atoms with van der Waals surface area (Å²) in [4.78, 5) is 2.55. The van der Waals surface area contributed by atoms with Gasteiger partial charge in [-0.2, -0.15) is 0 Å². The van der Waals surface area contributed by atoms with Gasteiger partial charge in [-0.1, -0.05) is 32.4 Å². The Morgan fingerprint density at radius 3 is 2.22 bits per heavy atom. The summed E-state index contributed by atoms with van der Waals surface area (Å²) < 4.78 is 0. The number of benzene rings is 1. The first kappa shape index (κ1) is 15.0. The number of rotatable bonds is 7. The first-order valence-corrected chi connectivity index (χ1v) is 7.11. The van der Waals surface area contributed by atoms with Crippen molar-refractivity contribution in [2.75, 3.05) is 12.3 Å². The predicted molar refractivity (Wildman–Crippen MR) is 80.5 cm³/mol. The largest absolute Gasteiger partial charge is 0.399 e. The minimum atomic E-state index is 0.585. The number of hydrogen-bond donors (Lipinski definition) is 1. The van der Waals surface area contributed by atoms with Crippen LogP contribution in [0.5, 0.6) is 0 Å². The van der Waals surface area contributed by atoms with Gasteiger partial charge in [0, 0.05) is 24.8 Å². The molecule has 0 saturated carbocycles. The minimum absolute atomic E-state index is 0.585. The number of nitrogens with zero attached hydrogens (tertiary/aromatic N) is 1. The third-order valence-corrected chi connectivity index (χ3v) is 3.42. The Hall–Kier alpha value is -1.02.